The van der Waals surface area contributed by atoms with Crippen LogP contribution >= 0.6 is 0 Å². The summed E-state index contributed by atoms with van der Waals surface area (Å²) in [6, 6.07) is 15.9. The van der Waals surface area contributed by atoms with Gasteiger partial charge in [-0.2, -0.15) is 13.2 Å². The maximum Gasteiger partial charge on any atom is 0.416 e. The smallest absolute Gasteiger partial charge is 0.416 e. The summed E-state index contributed by atoms with van der Waals surface area (Å²) in [6.45, 7) is 7.95. The normalized spacial score (nSPS) is 17.5. The number of hydrogen-bond donors (Lipinski definition) is 5. The molecular formula is C47H60F3N7O8. The van der Waals surface area contributed by atoms with Gasteiger partial charge >= 0.3 is 18.4 Å². The number of ether oxygens (including phenoxy) is 2. The Morgan fingerprint density at radius 1 is 0.646 bits per heavy atom. The van der Waals surface area contributed by atoms with Crippen LogP contribution in [0, 0.1) is 11.8 Å². The number of nitrogens with zero attached hydrogens (tertiary/aromatic N) is 2. The predicted molar refractivity (Wildman–Crippen MR) is 239 cm³/mol. The fraction of sp³-hybridized carbons (Fsp3) is 0.489. The number of nitrogens with one attached hydrogen (secondary N) is 5. The molecule has 2 saturated heterocycles. The minimum Gasteiger partial charge on any atom is -0.453 e. The highest BCUT2D eigenvalue weighted by atomic mass is 19.4. The molecule has 3 aromatic carbocycles. The third-order valence-electron chi connectivity index (χ3n) is 11.8. The van der Waals surface area contributed by atoms with E-state index in [-0.39, 0.29) is 41.5 Å². The number of hydrogen-bond acceptors (Lipinski definition) is 9. The molecule has 0 spiro atoms. The van der Waals surface area contributed by atoms with Crippen LogP contribution in [0.2, 0.25) is 0 Å². The standard InChI is InChI=1S/C47H60F3N7O8/c1-28(2)39(54-45(62)64-5)43(60)56-26-8-12-37(56)41(58)52-34-20-14-30(15-21-34)10-7-11-36(51-33-24-18-32(19-25-33)47(48,49)50)31-16-22-35(23-17-31)53-42(59)38-13-9-27-57(38)44(61)40(29(3)4)55-46(63)65-6/h14-25,28-29,36-40,51H,7-13,26-27H2,1-6H3,(H,52,58)(H,53,59)(H,54,62)(H,55,63). The third kappa shape index (κ3) is 13.4. The zero-order chi connectivity index (χ0) is 47.4. The van der Waals surface area contributed by atoms with Crippen molar-refractivity contribution in [1.82, 2.24) is 20.4 Å². The van der Waals surface area contributed by atoms with Crippen molar-refractivity contribution < 1.29 is 51.4 Å². The Balaban J connectivity index is 1.22. The Labute approximate surface area is 377 Å². The quantitative estimate of drug-likeness (QED) is 0.0914. The average molecular weight is 908 g/mol. The van der Waals surface area contributed by atoms with Gasteiger partial charge in [0.05, 0.1) is 25.8 Å². The molecule has 0 bridgehead atoms. The number of aryl methyl sites for hydroxylation is 1. The molecule has 0 aromatic heterocycles. The Morgan fingerprint density at radius 2 is 1.08 bits per heavy atom. The number of methoxy groups -OCH3 is 2. The Kier molecular flexibility index (Phi) is 17.2. The van der Waals surface area contributed by atoms with E-state index in [2.05, 4.69) is 31.3 Å². The second kappa shape index (κ2) is 22.5. The van der Waals surface area contributed by atoms with Gasteiger partial charge in [-0.05, 0) is 116 Å². The number of carbonyl (C=O) groups excluding carboxylic acids is 6. The fourth-order valence-corrected chi connectivity index (χ4v) is 8.16. The molecule has 2 heterocycles. The van der Waals surface area contributed by atoms with Crippen molar-refractivity contribution in [2.24, 2.45) is 11.8 Å². The first-order valence-corrected chi connectivity index (χ1v) is 21.9. The summed E-state index contributed by atoms with van der Waals surface area (Å²) in [5, 5.41) is 14.4. The van der Waals surface area contributed by atoms with Gasteiger partial charge in [-0.15, -0.1) is 0 Å². The van der Waals surface area contributed by atoms with Gasteiger partial charge in [0.25, 0.3) is 0 Å². The van der Waals surface area contributed by atoms with E-state index in [1.165, 1.54) is 36.2 Å². The van der Waals surface area contributed by atoms with Crippen molar-refractivity contribution in [3.8, 4) is 0 Å². The van der Waals surface area contributed by atoms with E-state index in [0.29, 0.717) is 75.1 Å². The molecule has 0 aliphatic carbocycles. The largest absolute Gasteiger partial charge is 0.453 e. The summed E-state index contributed by atoms with van der Waals surface area (Å²) in [6.07, 6.45) is -1.85. The second-order valence-corrected chi connectivity index (χ2v) is 17.1. The molecule has 65 heavy (non-hydrogen) atoms. The maximum atomic E-state index is 13.5. The lowest BCUT2D eigenvalue weighted by molar-refractivity contribution is -0.139. The van der Waals surface area contributed by atoms with E-state index in [0.717, 1.165) is 23.3 Å². The lowest BCUT2D eigenvalue weighted by Gasteiger charge is -2.30. The first kappa shape index (κ1) is 49.7. The Morgan fingerprint density at radius 3 is 1.49 bits per heavy atom. The number of halogens is 3. The Bertz CT molecular complexity index is 2120. The summed E-state index contributed by atoms with van der Waals surface area (Å²) >= 11 is 0. The number of rotatable bonds is 17. The van der Waals surface area contributed by atoms with Crippen LogP contribution in [0.5, 0.6) is 0 Å². The van der Waals surface area contributed by atoms with Gasteiger partial charge in [0.15, 0.2) is 0 Å². The van der Waals surface area contributed by atoms with Crippen LogP contribution in [0.15, 0.2) is 72.8 Å². The van der Waals surface area contributed by atoms with E-state index in [1.54, 1.807) is 52.0 Å². The van der Waals surface area contributed by atoms with Crippen molar-refractivity contribution in [3.63, 3.8) is 0 Å². The van der Waals surface area contributed by atoms with Crippen molar-refractivity contribution in [2.75, 3.05) is 43.3 Å². The third-order valence-corrected chi connectivity index (χ3v) is 11.8. The van der Waals surface area contributed by atoms with E-state index < -0.39 is 48.1 Å². The lowest BCUT2D eigenvalue weighted by atomic mass is 9.98. The SMILES string of the molecule is COC(=O)NC(C(=O)N1CCCC1C(=O)Nc1ccc(CCCC(Nc2ccc(C(F)(F)F)cc2)c2ccc(NC(=O)C3CCCN3C(=O)C(NC(=O)OC)C(C)C)cc2)cc1)C(C)C. The summed E-state index contributed by atoms with van der Waals surface area (Å²) in [5.41, 5.74) is 2.60. The number of alkyl carbamates (subject to hydrolysis) is 2. The number of alkyl halides is 3. The molecule has 5 N–H and O–H groups in total. The highest BCUT2D eigenvalue weighted by Crippen LogP contribution is 2.32. The maximum absolute atomic E-state index is 13.5. The van der Waals surface area contributed by atoms with Crippen LogP contribution in [0.1, 0.15) is 89.0 Å². The summed E-state index contributed by atoms with van der Waals surface area (Å²) in [5.74, 6) is -1.89. The predicted octanol–water partition coefficient (Wildman–Crippen LogP) is 7.50. The molecule has 0 saturated carbocycles. The minimum absolute atomic E-state index is 0.229. The van der Waals surface area contributed by atoms with Crippen molar-refractivity contribution in [3.05, 3.63) is 89.5 Å². The lowest BCUT2D eigenvalue weighted by Crippen LogP contribution is -2.54. The van der Waals surface area contributed by atoms with Crippen LogP contribution in [-0.4, -0.2) is 97.1 Å². The highest BCUT2D eigenvalue weighted by molar-refractivity contribution is 5.99. The van der Waals surface area contributed by atoms with E-state index in [4.69, 9.17) is 4.74 Å². The number of anilines is 3. The van der Waals surface area contributed by atoms with Gasteiger partial charge in [0.1, 0.15) is 24.2 Å². The number of benzene rings is 3. The van der Waals surface area contributed by atoms with Gasteiger partial charge in [0.2, 0.25) is 23.6 Å². The zero-order valence-electron chi connectivity index (χ0n) is 37.6. The van der Waals surface area contributed by atoms with E-state index in [9.17, 15) is 41.9 Å². The monoisotopic (exact) mass is 907 g/mol. The second-order valence-electron chi connectivity index (χ2n) is 17.1. The van der Waals surface area contributed by atoms with Crippen LogP contribution in [0.25, 0.3) is 0 Å². The molecule has 0 radical (unpaired) electrons. The van der Waals surface area contributed by atoms with Gasteiger partial charge in [-0.3, -0.25) is 19.2 Å². The van der Waals surface area contributed by atoms with Crippen molar-refractivity contribution >= 4 is 52.9 Å². The molecule has 352 valence electrons. The molecule has 15 nitrogen and oxygen atoms in total. The minimum atomic E-state index is -4.48. The van der Waals surface area contributed by atoms with Crippen molar-refractivity contribution in [1.29, 1.82) is 0 Å². The average Bonchev–Trinajstić information content (AvgIpc) is 3.99. The molecule has 6 amide bonds. The van der Waals surface area contributed by atoms with Gasteiger partial charge < -0.3 is 45.9 Å². The molecule has 5 rings (SSSR count). The van der Waals surface area contributed by atoms with Gasteiger partial charge in [0, 0.05) is 30.2 Å². The summed E-state index contributed by atoms with van der Waals surface area (Å²) < 4.78 is 49.4. The van der Waals surface area contributed by atoms with Gasteiger partial charge in [-0.1, -0.05) is 52.0 Å². The topological polar surface area (TPSA) is 188 Å². The molecule has 18 heteroatoms. The Hall–Kier alpha value is -6.33. The first-order chi connectivity index (χ1) is 30.9. The number of likely N-dealkylation sites (tertiary alicyclic amines) is 2. The van der Waals surface area contributed by atoms with E-state index >= 15 is 0 Å². The number of carbonyl (C=O) groups is 6. The van der Waals surface area contributed by atoms with Crippen LogP contribution in [-0.2, 0) is 41.2 Å². The molecule has 5 unspecified atom stereocenters. The zero-order valence-corrected chi connectivity index (χ0v) is 37.6. The van der Waals surface area contributed by atoms with Crippen LogP contribution in [0.3, 0.4) is 0 Å². The molecular weight excluding hydrogens is 848 g/mol. The fourth-order valence-electron chi connectivity index (χ4n) is 8.16. The molecule has 2 fully saturated rings. The van der Waals surface area contributed by atoms with E-state index in [1.807, 2.05) is 24.3 Å². The molecule has 2 aliphatic heterocycles. The summed E-state index contributed by atoms with van der Waals surface area (Å²) in [7, 11) is 2.43. The highest BCUT2D eigenvalue weighted by Gasteiger charge is 2.40. The van der Waals surface area contributed by atoms with Gasteiger partial charge in [-0.25, -0.2) is 9.59 Å². The van der Waals surface area contributed by atoms with Crippen molar-refractivity contribution in [2.45, 2.75) is 109 Å². The first-order valence-electron chi connectivity index (χ1n) is 21.9. The molecule has 5 atom stereocenters. The summed E-state index contributed by atoms with van der Waals surface area (Å²) in [4.78, 5) is 80.7. The van der Waals surface area contributed by atoms with Crippen LogP contribution < -0.4 is 26.6 Å². The number of amides is 6. The molecule has 2 aliphatic rings. The van der Waals surface area contributed by atoms with Crippen LogP contribution in [0.4, 0.5) is 39.8 Å². The molecule has 3 aromatic rings.